The van der Waals surface area contributed by atoms with Crippen molar-refractivity contribution in [2.24, 2.45) is 5.84 Å². The Morgan fingerprint density at radius 2 is 2.36 bits per heavy atom. The van der Waals surface area contributed by atoms with Gasteiger partial charge in [0.05, 0.1) is 0 Å². The summed E-state index contributed by atoms with van der Waals surface area (Å²) in [4.78, 5) is 2.70. The molecule has 3 nitrogen and oxygen atoms in total. The second kappa shape index (κ2) is 5.29. The van der Waals surface area contributed by atoms with Crippen molar-refractivity contribution in [1.82, 2.24) is 10.7 Å². The Morgan fingerprint density at radius 3 is 2.86 bits per heavy atom. The first-order chi connectivity index (χ1) is 6.61. The molecule has 1 aromatic heterocycles. The zero-order valence-electron chi connectivity index (χ0n) is 8.33. The van der Waals surface area contributed by atoms with Gasteiger partial charge >= 0.3 is 0 Å². The van der Waals surface area contributed by atoms with Gasteiger partial charge in [-0.1, -0.05) is 0 Å². The van der Waals surface area contributed by atoms with Gasteiger partial charge in [-0.15, -0.1) is 11.3 Å². The van der Waals surface area contributed by atoms with Crippen LogP contribution in [-0.4, -0.2) is 11.2 Å². The first-order valence-corrected chi connectivity index (χ1v) is 5.66. The number of nitrogens with two attached hydrogens (primary N) is 1. The van der Waals surface area contributed by atoms with Crippen LogP contribution in [0.25, 0.3) is 0 Å². The molecular weight excluding hydrogens is 214 g/mol. The Morgan fingerprint density at radius 1 is 1.64 bits per heavy atom. The number of hydrogen-bond donors (Lipinski definition) is 3. The molecule has 0 spiro atoms. The summed E-state index contributed by atoms with van der Waals surface area (Å²) in [7, 11) is 0. The Hall–Kier alpha value is -0.650. The predicted octanol–water partition coefficient (Wildman–Crippen LogP) is 1.33. The number of hydrazine groups is 1. The van der Waals surface area contributed by atoms with Gasteiger partial charge in [-0.2, -0.15) is 0 Å². The normalized spacial score (nSPS) is 12.2. The molecule has 4 N–H and O–H groups in total. The van der Waals surface area contributed by atoms with E-state index in [0.717, 1.165) is 6.42 Å². The van der Waals surface area contributed by atoms with Gasteiger partial charge in [-0.3, -0.25) is 0 Å². The molecule has 0 aliphatic carbocycles. The minimum absolute atomic E-state index is 0.302. The lowest BCUT2D eigenvalue weighted by Gasteiger charge is -2.14. The lowest BCUT2D eigenvalue weighted by atomic mass is 10.2. The molecule has 14 heavy (non-hydrogen) atoms. The molecule has 0 aliphatic heterocycles. The average Bonchev–Trinajstić information content (AvgIpc) is 2.50. The van der Waals surface area contributed by atoms with E-state index in [0.29, 0.717) is 11.2 Å². The van der Waals surface area contributed by atoms with Gasteiger partial charge in [-0.05, 0) is 38.2 Å². The van der Waals surface area contributed by atoms with E-state index < -0.39 is 0 Å². The fourth-order valence-corrected chi connectivity index (χ4v) is 2.43. The molecule has 1 unspecified atom stereocenters. The van der Waals surface area contributed by atoms with E-state index in [-0.39, 0.29) is 0 Å². The molecule has 1 aromatic rings. The second-order valence-corrected chi connectivity index (χ2v) is 5.02. The van der Waals surface area contributed by atoms with Gasteiger partial charge < -0.3 is 10.7 Å². The predicted molar refractivity (Wildman–Crippen MR) is 65.3 cm³/mol. The molecule has 1 atom stereocenters. The Labute approximate surface area is 93.7 Å². The molecule has 1 heterocycles. The molecule has 5 heteroatoms. The van der Waals surface area contributed by atoms with E-state index in [1.54, 1.807) is 0 Å². The molecule has 0 aromatic carbocycles. The van der Waals surface area contributed by atoms with E-state index >= 15 is 0 Å². The molecule has 0 aliphatic rings. The third kappa shape index (κ3) is 3.61. The smallest absolute Gasteiger partial charge is 0.180 e. The van der Waals surface area contributed by atoms with Crippen LogP contribution in [0, 0.1) is 6.92 Å². The first-order valence-electron chi connectivity index (χ1n) is 4.44. The van der Waals surface area contributed by atoms with Crippen LogP contribution < -0.4 is 16.6 Å². The summed E-state index contributed by atoms with van der Waals surface area (Å²) in [6.07, 6.45) is 0.973. The first kappa shape index (κ1) is 11.4. The van der Waals surface area contributed by atoms with Crippen LogP contribution in [0.5, 0.6) is 0 Å². The standard InChI is InChI=1S/C9H15N3S2/c1-6(11-9(13)12-10)5-8-4-3-7(2)14-8/h3-4,6H,5,10H2,1-2H3,(H2,11,12,13). The number of nitrogens with one attached hydrogen (secondary N) is 2. The highest BCUT2D eigenvalue weighted by atomic mass is 32.1. The van der Waals surface area contributed by atoms with Crippen LogP contribution in [0.1, 0.15) is 16.7 Å². The number of aryl methyl sites for hydroxylation is 1. The molecule has 78 valence electrons. The molecular formula is C9H15N3S2. The van der Waals surface area contributed by atoms with Crippen molar-refractivity contribution in [2.75, 3.05) is 0 Å². The Bertz CT molecular complexity index is 309. The molecule has 0 saturated carbocycles. The van der Waals surface area contributed by atoms with E-state index in [9.17, 15) is 0 Å². The highest BCUT2D eigenvalue weighted by Crippen LogP contribution is 2.16. The zero-order chi connectivity index (χ0) is 10.6. The largest absolute Gasteiger partial charge is 0.359 e. The monoisotopic (exact) mass is 229 g/mol. The lowest BCUT2D eigenvalue weighted by Crippen LogP contribution is -2.44. The van der Waals surface area contributed by atoms with Crippen LogP contribution in [0.4, 0.5) is 0 Å². The van der Waals surface area contributed by atoms with Crippen LogP contribution in [0.2, 0.25) is 0 Å². The van der Waals surface area contributed by atoms with Crippen molar-refractivity contribution in [3.8, 4) is 0 Å². The van der Waals surface area contributed by atoms with Gasteiger partial charge in [0.2, 0.25) is 0 Å². The van der Waals surface area contributed by atoms with Gasteiger partial charge in [-0.25, -0.2) is 5.84 Å². The topological polar surface area (TPSA) is 50.1 Å². The third-order valence-electron chi connectivity index (χ3n) is 1.81. The second-order valence-electron chi connectivity index (χ2n) is 3.24. The van der Waals surface area contributed by atoms with Gasteiger partial charge in [0.15, 0.2) is 5.11 Å². The number of thiocarbonyl (C=S) groups is 1. The summed E-state index contributed by atoms with van der Waals surface area (Å²) in [6.45, 7) is 4.19. The molecule has 0 bridgehead atoms. The maximum absolute atomic E-state index is 5.17. The summed E-state index contributed by atoms with van der Waals surface area (Å²) >= 11 is 6.72. The van der Waals surface area contributed by atoms with Crippen molar-refractivity contribution in [1.29, 1.82) is 0 Å². The van der Waals surface area contributed by atoms with Crippen LogP contribution in [0.3, 0.4) is 0 Å². The van der Waals surface area contributed by atoms with E-state index in [1.807, 2.05) is 11.3 Å². The average molecular weight is 229 g/mol. The van der Waals surface area contributed by atoms with Crippen molar-refractivity contribution in [2.45, 2.75) is 26.3 Å². The fraction of sp³-hybridized carbons (Fsp3) is 0.444. The Kier molecular flexibility index (Phi) is 4.31. The molecule has 0 fully saturated rings. The minimum atomic E-state index is 0.302. The summed E-state index contributed by atoms with van der Waals surface area (Å²) in [5.74, 6) is 5.17. The maximum Gasteiger partial charge on any atom is 0.180 e. The van der Waals surface area contributed by atoms with Crippen LogP contribution in [-0.2, 0) is 6.42 Å². The van der Waals surface area contributed by atoms with Gasteiger partial charge in [0.1, 0.15) is 0 Å². The summed E-state index contributed by atoms with van der Waals surface area (Å²) in [6, 6.07) is 4.58. The molecule has 1 rings (SSSR count). The summed E-state index contributed by atoms with van der Waals surface area (Å²) < 4.78 is 0. The number of thiophene rings is 1. The SMILES string of the molecule is Cc1ccc(CC(C)NC(=S)NN)s1. The van der Waals surface area contributed by atoms with Gasteiger partial charge in [0, 0.05) is 22.2 Å². The lowest BCUT2D eigenvalue weighted by molar-refractivity contribution is 0.657. The Balaban J connectivity index is 2.41. The highest BCUT2D eigenvalue weighted by molar-refractivity contribution is 7.80. The summed E-state index contributed by atoms with van der Waals surface area (Å²) in [5, 5.41) is 3.58. The summed E-state index contributed by atoms with van der Waals surface area (Å²) in [5.41, 5.74) is 2.41. The van der Waals surface area contributed by atoms with E-state index in [1.165, 1.54) is 9.75 Å². The highest BCUT2D eigenvalue weighted by Gasteiger charge is 2.05. The zero-order valence-corrected chi connectivity index (χ0v) is 9.97. The van der Waals surface area contributed by atoms with Crippen LogP contribution in [0.15, 0.2) is 12.1 Å². The number of rotatable bonds is 3. The minimum Gasteiger partial charge on any atom is -0.359 e. The maximum atomic E-state index is 5.17. The van der Waals surface area contributed by atoms with Crippen molar-refractivity contribution in [3.05, 3.63) is 21.9 Å². The van der Waals surface area contributed by atoms with E-state index in [4.69, 9.17) is 18.1 Å². The van der Waals surface area contributed by atoms with Crippen molar-refractivity contribution < 1.29 is 0 Å². The quantitative estimate of drug-likeness (QED) is 0.416. The number of hydrogen-bond acceptors (Lipinski definition) is 3. The van der Waals surface area contributed by atoms with Crippen molar-refractivity contribution >= 4 is 28.7 Å². The van der Waals surface area contributed by atoms with Crippen molar-refractivity contribution in [3.63, 3.8) is 0 Å². The molecule has 0 saturated heterocycles. The van der Waals surface area contributed by atoms with Gasteiger partial charge in [0.25, 0.3) is 0 Å². The van der Waals surface area contributed by atoms with E-state index in [2.05, 4.69) is 36.7 Å². The molecule has 0 radical (unpaired) electrons. The van der Waals surface area contributed by atoms with Crippen LogP contribution >= 0.6 is 23.6 Å². The molecule has 0 amide bonds. The fourth-order valence-electron chi connectivity index (χ4n) is 1.21. The third-order valence-corrected chi connectivity index (χ3v) is 3.07.